The molecule has 10 nitrogen and oxygen atoms in total. The number of carbonyl (C=O) groups excluding carboxylic acids is 2. The molecule has 0 amide bonds. The number of nitrogens with two attached hydrogens (primary N) is 1. The van der Waals surface area contributed by atoms with Crippen molar-refractivity contribution in [3.63, 3.8) is 0 Å². The van der Waals surface area contributed by atoms with Gasteiger partial charge in [-0.25, -0.2) is 14.6 Å². The molecule has 2 heterocycles. The Labute approximate surface area is 188 Å². The van der Waals surface area contributed by atoms with E-state index in [0.717, 1.165) is 28.8 Å². The summed E-state index contributed by atoms with van der Waals surface area (Å²) in [7, 11) is 0. The van der Waals surface area contributed by atoms with Gasteiger partial charge in [-0.2, -0.15) is 13.2 Å². The first-order valence-corrected chi connectivity index (χ1v) is 9.50. The van der Waals surface area contributed by atoms with Crippen LogP contribution in [0.25, 0.3) is 11.0 Å². The van der Waals surface area contributed by atoms with Crippen LogP contribution in [0, 0.1) is 0 Å². The van der Waals surface area contributed by atoms with Crippen molar-refractivity contribution in [2.45, 2.75) is 25.2 Å². The van der Waals surface area contributed by atoms with E-state index in [2.05, 4.69) is 9.72 Å². The molecule has 0 aliphatic carbocycles. The van der Waals surface area contributed by atoms with E-state index in [0.29, 0.717) is 0 Å². The average molecular weight is 479 g/mol. The van der Waals surface area contributed by atoms with E-state index in [1.807, 2.05) is 0 Å². The van der Waals surface area contributed by atoms with Gasteiger partial charge in [0, 0.05) is 6.20 Å². The zero-order valence-electron chi connectivity index (χ0n) is 17.1. The second kappa shape index (κ2) is 9.31. The Kier molecular flexibility index (Phi) is 6.68. The first kappa shape index (κ1) is 24.4. The number of carbonyl (C=O) groups is 3. The molecule has 1 aromatic carbocycles. The van der Waals surface area contributed by atoms with E-state index in [1.54, 1.807) is 0 Å². The van der Waals surface area contributed by atoms with Crippen LogP contribution in [0.5, 0.6) is 5.75 Å². The topological polar surface area (TPSA) is 162 Å². The third-order valence-electron chi connectivity index (χ3n) is 4.71. The Morgan fingerprint density at radius 2 is 1.79 bits per heavy atom. The third kappa shape index (κ3) is 5.04. The third-order valence-corrected chi connectivity index (χ3v) is 4.71. The van der Waals surface area contributed by atoms with Gasteiger partial charge < -0.3 is 20.7 Å². The molecule has 34 heavy (non-hydrogen) atoms. The maximum atomic E-state index is 13.1. The Morgan fingerprint density at radius 3 is 2.38 bits per heavy atom. The van der Waals surface area contributed by atoms with Gasteiger partial charge in [-0.05, 0) is 29.8 Å². The van der Waals surface area contributed by atoms with Crippen molar-refractivity contribution in [1.82, 2.24) is 9.55 Å². The van der Waals surface area contributed by atoms with Gasteiger partial charge in [0.25, 0.3) is 5.56 Å². The molecular weight excluding hydrogens is 463 g/mol. The number of fused-ring (bicyclic) bond motifs is 1. The molecule has 0 saturated heterocycles. The Morgan fingerprint density at radius 1 is 1.15 bits per heavy atom. The molecule has 4 N–H and O–H groups in total. The zero-order valence-corrected chi connectivity index (χ0v) is 17.1. The highest BCUT2D eigenvalue weighted by molar-refractivity contribution is 6.03. The average Bonchev–Trinajstić information content (AvgIpc) is 2.76. The minimum absolute atomic E-state index is 0.0803. The molecule has 0 aliphatic rings. The lowest BCUT2D eigenvalue weighted by Gasteiger charge is -2.15. The smallest absolute Gasteiger partial charge is 0.416 e. The van der Waals surface area contributed by atoms with Crippen LogP contribution >= 0.6 is 0 Å². The van der Waals surface area contributed by atoms with Gasteiger partial charge in [-0.1, -0.05) is 12.1 Å². The van der Waals surface area contributed by atoms with E-state index >= 15 is 0 Å². The first-order chi connectivity index (χ1) is 15.9. The van der Waals surface area contributed by atoms with E-state index in [4.69, 9.17) is 10.8 Å². The Bertz CT molecular complexity index is 1330. The van der Waals surface area contributed by atoms with Crippen LogP contribution in [0.4, 0.5) is 13.2 Å². The summed E-state index contributed by atoms with van der Waals surface area (Å²) in [5, 5.41) is 19.1. The minimum atomic E-state index is -4.56. The number of rotatable bonds is 6. The Balaban J connectivity index is 2.04. The van der Waals surface area contributed by atoms with E-state index in [1.165, 1.54) is 18.3 Å². The van der Waals surface area contributed by atoms with Gasteiger partial charge in [0.05, 0.1) is 23.9 Å². The molecule has 0 bridgehead atoms. The molecule has 1 atom stereocenters. The summed E-state index contributed by atoms with van der Waals surface area (Å²) in [6.07, 6.45) is -4.12. The van der Waals surface area contributed by atoms with Crippen LogP contribution < -0.4 is 11.3 Å². The molecule has 0 aliphatic heterocycles. The van der Waals surface area contributed by atoms with E-state index in [-0.39, 0.29) is 23.1 Å². The number of carboxylic acids is 1. The lowest BCUT2D eigenvalue weighted by atomic mass is 10.1. The summed E-state index contributed by atoms with van der Waals surface area (Å²) in [5.74, 6) is -5.30. The largest absolute Gasteiger partial charge is 0.506 e. The number of benzene rings is 1. The van der Waals surface area contributed by atoms with Gasteiger partial charge >= 0.3 is 24.1 Å². The number of aromatic hydroxyl groups is 1. The molecule has 0 fully saturated rings. The maximum Gasteiger partial charge on any atom is 0.416 e. The number of pyridine rings is 2. The number of hydrogen-bond acceptors (Lipinski definition) is 8. The van der Waals surface area contributed by atoms with E-state index in [9.17, 15) is 37.5 Å². The number of carboxylic acid groups (broad SMARTS) is 1. The molecule has 3 rings (SSSR count). The quantitative estimate of drug-likeness (QED) is 0.353. The number of nitrogens with zero attached hydrogens (tertiary/aromatic N) is 2. The molecule has 3 aromatic rings. The van der Waals surface area contributed by atoms with Crippen molar-refractivity contribution in [1.29, 1.82) is 0 Å². The Hall–Kier alpha value is -4.26. The fourth-order valence-corrected chi connectivity index (χ4v) is 3.07. The fraction of sp³-hybridized carbons (Fsp3) is 0.190. The van der Waals surface area contributed by atoms with Gasteiger partial charge in [0.15, 0.2) is 5.56 Å². The maximum absolute atomic E-state index is 13.1. The van der Waals surface area contributed by atoms with E-state index < -0.39 is 59.0 Å². The van der Waals surface area contributed by atoms with Crippen molar-refractivity contribution in [3.05, 3.63) is 69.6 Å². The summed E-state index contributed by atoms with van der Waals surface area (Å²) < 4.78 is 43.9. The summed E-state index contributed by atoms with van der Waals surface area (Å²) in [5.41, 5.74) is 2.49. The van der Waals surface area contributed by atoms with Crippen molar-refractivity contribution in [3.8, 4) is 5.75 Å². The molecule has 0 saturated carbocycles. The summed E-state index contributed by atoms with van der Waals surface area (Å²) in [4.78, 5) is 52.2. The van der Waals surface area contributed by atoms with Crippen molar-refractivity contribution in [2.75, 3.05) is 0 Å². The van der Waals surface area contributed by atoms with Crippen molar-refractivity contribution < 1.29 is 42.5 Å². The number of alkyl halides is 3. The highest BCUT2D eigenvalue weighted by Crippen LogP contribution is 2.30. The van der Waals surface area contributed by atoms with Crippen LogP contribution in [0.1, 0.15) is 27.9 Å². The SMILES string of the molecule is N[C@H](CC(=O)O)C(=O)OC(=O)c1c(O)c2cccnc2n(Cc2ccc(C(F)(F)F)cc2)c1=O. The van der Waals surface area contributed by atoms with Gasteiger partial charge in [0.1, 0.15) is 17.4 Å². The van der Waals surface area contributed by atoms with Crippen LogP contribution in [-0.4, -0.2) is 43.7 Å². The minimum Gasteiger partial charge on any atom is -0.506 e. The molecule has 0 unspecified atom stereocenters. The van der Waals surface area contributed by atoms with Crippen LogP contribution in [0.2, 0.25) is 0 Å². The molecular formula is C21H16F3N3O7. The second-order valence-corrected chi connectivity index (χ2v) is 7.10. The molecule has 178 valence electrons. The number of halogens is 3. The number of esters is 2. The molecule has 0 radical (unpaired) electrons. The van der Waals surface area contributed by atoms with Gasteiger partial charge in [0.2, 0.25) is 0 Å². The van der Waals surface area contributed by atoms with Crippen molar-refractivity contribution in [2.24, 2.45) is 5.73 Å². The van der Waals surface area contributed by atoms with Crippen molar-refractivity contribution >= 4 is 28.9 Å². The van der Waals surface area contributed by atoms with Gasteiger partial charge in [-0.15, -0.1) is 0 Å². The number of ether oxygens (including phenoxy) is 1. The molecule has 2 aromatic heterocycles. The lowest BCUT2D eigenvalue weighted by Crippen LogP contribution is -2.37. The fourth-order valence-electron chi connectivity index (χ4n) is 3.07. The molecule has 0 spiro atoms. The number of hydrogen-bond donors (Lipinski definition) is 3. The second-order valence-electron chi connectivity index (χ2n) is 7.10. The highest BCUT2D eigenvalue weighted by atomic mass is 19.4. The number of aliphatic carboxylic acids is 1. The van der Waals surface area contributed by atoms with Crippen LogP contribution in [0.3, 0.4) is 0 Å². The van der Waals surface area contributed by atoms with Crippen LogP contribution in [-0.2, 0) is 27.0 Å². The van der Waals surface area contributed by atoms with Crippen LogP contribution in [0.15, 0.2) is 47.4 Å². The first-order valence-electron chi connectivity index (χ1n) is 9.50. The van der Waals surface area contributed by atoms with Gasteiger partial charge in [-0.3, -0.25) is 14.2 Å². The normalized spacial score (nSPS) is 12.4. The number of aromatic nitrogens is 2. The monoisotopic (exact) mass is 479 g/mol. The lowest BCUT2D eigenvalue weighted by molar-refractivity contribution is -0.145. The summed E-state index contributed by atoms with van der Waals surface area (Å²) >= 11 is 0. The summed E-state index contributed by atoms with van der Waals surface area (Å²) in [6.45, 7) is -0.336. The standard InChI is InChI=1S/C21H16F3N3O7/c22-21(23,24)11-5-3-10(4-6-11)9-27-17-12(2-1-7-26-17)16(30)15(18(27)31)20(33)34-19(32)13(25)8-14(28)29/h1-7,13,30H,8-9,25H2,(H,28,29)/t13-/m1/s1. The predicted octanol–water partition coefficient (Wildman–Crippen LogP) is 1.65. The highest BCUT2D eigenvalue weighted by Gasteiger charge is 2.31. The molecule has 13 heteroatoms. The predicted molar refractivity (Wildman–Crippen MR) is 109 cm³/mol. The summed E-state index contributed by atoms with van der Waals surface area (Å²) in [6, 6.07) is 4.88. The zero-order chi connectivity index (χ0) is 25.2.